The predicted molar refractivity (Wildman–Crippen MR) is 133 cm³/mol. The number of H-pyrrole nitrogens is 2. The maximum Gasteiger partial charge on any atom is 0.176 e. The van der Waals surface area contributed by atoms with Crippen LogP contribution in [-0.4, -0.2) is 36.7 Å². The number of aromatic amines is 2. The quantitative estimate of drug-likeness (QED) is 0.298. The fraction of sp³-hybridized carbons (Fsp3) is 0.120. The van der Waals surface area contributed by atoms with Crippen molar-refractivity contribution in [2.24, 2.45) is 0 Å². The molecule has 6 aromatic heterocycles. The number of thiophene rings is 1. The Hall–Kier alpha value is -3.95. The number of halogens is 1. The first-order valence-corrected chi connectivity index (χ1v) is 11.7. The van der Waals surface area contributed by atoms with E-state index >= 15 is 0 Å². The molecule has 9 heteroatoms. The number of hydrogen-bond donors (Lipinski definition) is 3. The number of hydrogen-bond acceptors (Lipinski definition) is 6. The molecular formula is C25H20FN7S. The summed E-state index contributed by atoms with van der Waals surface area (Å²) in [5.74, 6) is 0. The summed E-state index contributed by atoms with van der Waals surface area (Å²) >= 11 is 1.12. The van der Waals surface area contributed by atoms with Gasteiger partial charge in [-0.3, -0.25) is 15.1 Å². The van der Waals surface area contributed by atoms with Crippen molar-refractivity contribution in [1.82, 2.24) is 35.5 Å². The van der Waals surface area contributed by atoms with E-state index in [1.54, 1.807) is 18.5 Å². The topological polar surface area (TPSA) is 95.2 Å². The molecule has 34 heavy (non-hydrogen) atoms. The number of nitrogens with zero attached hydrogens (tertiary/aromatic N) is 4. The van der Waals surface area contributed by atoms with Gasteiger partial charge in [-0.1, -0.05) is 6.92 Å². The Morgan fingerprint density at radius 1 is 1.03 bits per heavy atom. The Morgan fingerprint density at radius 2 is 1.97 bits per heavy atom. The highest BCUT2D eigenvalue weighted by atomic mass is 32.1. The summed E-state index contributed by atoms with van der Waals surface area (Å²) in [6.45, 7) is 3.73. The first-order valence-electron chi connectivity index (χ1n) is 10.9. The second-order valence-electron chi connectivity index (χ2n) is 7.96. The average Bonchev–Trinajstić information content (AvgIpc) is 3.59. The molecule has 0 bridgehead atoms. The molecule has 0 unspecified atom stereocenters. The zero-order chi connectivity index (χ0) is 23.1. The van der Waals surface area contributed by atoms with Gasteiger partial charge >= 0.3 is 0 Å². The summed E-state index contributed by atoms with van der Waals surface area (Å²) in [7, 11) is 0. The molecule has 0 atom stereocenters. The Labute approximate surface area is 198 Å². The number of nitrogens with one attached hydrogen (secondary N) is 3. The van der Waals surface area contributed by atoms with Crippen molar-refractivity contribution in [2.75, 3.05) is 6.54 Å². The van der Waals surface area contributed by atoms with Gasteiger partial charge in [-0.15, -0.1) is 11.3 Å². The van der Waals surface area contributed by atoms with Crippen LogP contribution in [0.25, 0.3) is 55.0 Å². The molecule has 0 aliphatic rings. The van der Waals surface area contributed by atoms with E-state index in [1.807, 2.05) is 30.6 Å². The maximum absolute atomic E-state index is 13.6. The van der Waals surface area contributed by atoms with E-state index in [9.17, 15) is 4.39 Å². The van der Waals surface area contributed by atoms with E-state index in [-0.39, 0.29) is 5.13 Å². The molecular weight excluding hydrogens is 449 g/mol. The lowest BCUT2D eigenvalue weighted by Crippen LogP contribution is -2.11. The molecule has 6 rings (SSSR count). The van der Waals surface area contributed by atoms with Crippen molar-refractivity contribution in [2.45, 2.75) is 13.5 Å². The minimum atomic E-state index is -0.210. The number of aromatic nitrogens is 6. The van der Waals surface area contributed by atoms with Crippen molar-refractivity contribution in [3.05, 3.63) is 71.9 Å². The Kier molecular flexibility index (Phi) is 5.12. The van der Waals surface area contributed by atoms with E-state index in [4.69, 9.17) is 0 Å². The van der Waals surface area contributed by atoms with Crippen LogP contribution in [0.2, 0.25) is 0 Å². The van der Waals surface area contributed by atoms with E-state index in [2.05, 4.69) is 48.4 Å². The third-order valence-corrected chi connectivity index (χ3v) is 6.65. The molecule has 0 fully saturated rings. The first kappa shape index (κ1) is 20.6. The fourth-order valence-corrected chi connectivity index (χ4v) is 4.87. The number of rotatable bonds is 6. The molecule has 0 saturated carbocycles. The molecule has 0 aliphatic carbocycles. The third kappa shape index (κ3) is 3.64. The lowest BCUT2D eigenvalue weighted by Gasteiger charge is -2.05. The Balaban J connectivity index is 1.44. The SMILES string of the molecule is CCNCc1cncc(-c2cc3c(-c4cc5c(-c6ccc(F)s6)ccnc5[nH]4)n[nH]c3cn2)c1. The summed E-state index contributed by atoms with van der Waals surface area (Å²) in [6, 6.07) is 11.3. The zero-order valence-corrected chi connectivity index (χ0v) is 19.1. The second-order valence-corrected chi connectivity index (χ2v) is 8.99. The van der Waals surface area contributed by atoms with Gasteiger partial charge in [0.2, 0.25) is 0 Å². The third-order valence-electron chi connectivity index (χ3n) is 5.74. The van der Waals surface area contributed by atoms with Crippen molar-refractivity contribution in [3.63, 3.8) is 0 Å². The van der Waals surface area contributed by atoms with Crippen molar-refractivity contribution in [1.29, 1.82) is 0 Å². The van der Waals surface area contributed by atoms with E-state index in [0.717, 1.165) is 85.0 Å². The number of pyridine rings is 3. The van der Waals surface area contributed by atoms with Crippen LogP contribution in [0.3, 0.4) is 0 Å². The van der Waals surface area contributed by atoms with Crippen LogP contribution in [0.5, 0.6) is 0 Å². The van der Waals surface area contributed by atoms with Gasteiger partial charge in [-0.2, -0.15) is 9.49 Å². The van der Waals surface area contributed by atoms with Crippen molar-refractivity contribution < 1.29 is 4.39 Å². The highest BCUT2D eigenvalue weighted by Gasteiger charge is 2.16. The molecule has 0 saturated heterocycles. The average molecular weight is 470 g/mol. The van der Waals surface area contributed by atoms with Crippen LogP contribution in [0.4, 0.5) is 4.39 Å². The van der Waals surface area contributed by atoms with E-state index in [1.165, 1.54) is 6.07 Å². The molecule has 0 aliphatic heterocycles. The van der Waals surface area contributed by atoms with Gasteiger partial charge in [-0.05, 0) is 48.5 Å². The monoisotopic (exact) mass is 469 g/mol. The van der Waals surface area contributed by atoms with Gasteiger partial charge in [-0.25, -0.2) is 4.98 Å². The molecule has 7 nitrogen and oxygen atoms in total. The van der Waals surface area contributed by atoms with Crippen LogP contribution in [0, 0.1) is 5.13 Å². The molecule has 0 aromatic carbocycles. The largest absolute Gasteiger partial charge is 0.338 e. The lowest BCUT2D eigenvalue weighted by atomic mass is 10.1. The molecule has 3 N–H and O–H groups in total. The predicted octanol–water partition coefficient (Wildman–Crippen LogP) is 5.54. The minimum Gasteiger partial charge on any atom is -0.338 e. The van der Waals surface area contributed by atoms with Gasteiger partial charge in [0, 0.05) is 51.9 Å². The second kappa shape index (κ2) is 8.44. The summed E-state index contributed by atoms with van der Waals surface area (Å²) in [5.41, 5.74) is 6.98. The Bertz CT molecular complexity index is 1630. The minimum absolute atomic E-state index is 0.210. The van der Waals surface area contributed by atoms with Crippen LogP contribution in [0.15, 0.2) is 61.2 Å². The summed E-state index contributed by atoms with van der Waals surface area (Å²) in [6.07, 6.45) is 7.21. The molecule has 0 radical (unpaired) electrons. The lowest BCUT2D eigenvalue weighted by molar-refractivity contribution is 0.657. The standard InChI is InChI=1S/C25H20FN7S/c1-2-27-10-14-7-15(12-28-11-14)19-9-18-21(13-30-19)32-33-24(18)20-8-17-16(5-6-29-25(17)31-20)22-3-4-23(26)34-22/h3-9,11-13,27H,2,10H2,1H3,(H,29,31)(H,32,33). The maximum atomic E-state index is 13.6. The highest BCUT2D eigenvalue weighted by molar-refractivity contribution is 7.14. The van der Waals surface area contributed by atoms with Crippen molar-refractivity contribution >= 4 is 33.3 Å². The van der Waals surface area contributed by atoms with Crippen LogP contribution in [-0.2, 0) is 6.54 Å². The molecule has 6 aromatic rings. The molecule has 0 spiro atoms. The van der Waals surface area contributed by atoms with Gasteiger partial charge in [0.05, 0.1) is 23.1 Å². The van der Waals surface area contributed by atoms with Crippen LogP contribution >= 0.6 is 11.3 Å². The Morgan fingerprint density at radius 3 is 2.82 bits per heavy atom. The highest BCUT2D eigenvalue weighted by Crippen LogP contribution is 2.36. The zero-order valence-electron chi connectivity index (χ0n) is 18.3. The summed E-state index contributed by atoms with van der Waals surface area (Å²) in [5, 5.41) is 12.6. The van der Waals surface area contributed by atoms with Gasteiger partial charge < -0.3 is 10.3 Å². The van der Waals surface area contributed by atoms with Crippen LogP contribution in [0.1, 0.15) is 12.5 Å². The van der Waals surface area contributed by atoms with Crippen molar-refractivity contribution in [3.8, 4) is 33.1 Å². The number of fused-ring (bicyclic) bond motifs is 2. The van der Waals surface area contributed by atoms with Gasteiger partial charge in [0.25, 0.3) is 0 Å². The summed E-state index contributed by atoms with van der Waals surface area (Å²) in [4.78, 5) is 17.7. The normalized spacial score (nSPS) is 11.6. The molecule has 6 heterocycles. The van der Waals surface area contributed by atoms with Gasteiger partial charge in [0.15, 0.2) is 5.13 Å². The van der Waals surface area contributed by atoms with E-state index in [0.29, 0.717) is 0 Å². The summed E-state index contributed by atoms with van der Waals surface area (Å²) < 4.78 is 13.6. The van der Waals surface area contributed by atoms with Crippen LogP contribution < -0.4 is 5.32 Å². The molecule has 168 valence electrons. The van der Waals surface area contributed by atoms with E-state index < -0.39 is 0 Å². The molecule has 0 amide bonds. The fourth-order valence-electron chi connectivity index (χ4n) is 4.10. The van der Waals surface area contributed by atoms with Gasteiger partial charge in [0.1, 0.15) is 11.3 Å². The smallest absolute Gasteiger partial charge is 0.176 e. The first-order chi connectivity index (χ1) is 16.7.